The Balaban J connectivity index is 1.75. The molecule has 0 atom stereocenters. The summed E-state index contributed by atoms with van der Waals surface area (Å²) in [5.74, 6) is -1.83. The van der Waals surface area contributed by atoms with Gasteiger partial charge in [-0.15, -0.1) is 0 Å². The number of nitrogens with one attached hydrogen (secondary N) is 1. The second kappa shape index (κ2) is 10.0. The maximum absolute atomic E-state index is 13.9. The van der Waals surface area contributed by atoms with Crippen molar-refractivity contribution in [1.82, 2.24) is 9.47 Å². The highest BCUT2D eigenvalue weighted by atomic mass is 19.1. The van der Waals surface area contributed by atoms with E-state index < -0.39 is 17.7 Å². The zero-order chi connectivity index (χ0) is 21.5. The molecule has 3 aromatic rings. The fourth-order valence-corrected chi connectivity index (χ4v) is 3.16. The lowest BCUT2D eigenvalue weighted by atomic mass is 10.2. The third kappa shape index (κ3) is 5.65. The van der Waals surface area contributed by atoms with Crippen molar-refractivity contribution in [3.05, 3.63) is 89.5 Å². The normalized spacial score (nSPS) is 10.8. The van der Waals surface area contributed by atoms with Gasteiger partial charge in [-0.25, -0.2) is 18.0 Å². The number of halogens is 3. The van der Waals surface area contributed by atoms with Gasteiger partial charge in [0.25, 0.3) is 0 Å². The van der Waals surface area contributed by atoms with Crippen molar-refractivity contribution in [2.75, 3.05) is 11.9 Å². The molecule has 2 amide bonds. The molecule has 0 aliphatic rings. The second-order valence-electron chi connectivity index (χ2n) is 7.09. The highest BCUT2D eigenvalue weighted by Gasteiger charge is 2.17. The van der Waals surface area contributed by atoms with Crippen LogP contribution in [0.15, 0.2) is 60.8 Å². The van der Waals surface area contributed by atoms with Crippen LogP contribution < -0.4 is 5.32 Å². The van der Waals surface area contributed by atoms with E-state index in [1.807, 2.05) is 35.9 Å². The summed E-state index contributed by atoms with van der Waals surface area (Å²) >= 11 is 0. The van der Waals surface area contributed by atoms with Crippen LogP contribution in [0, 0.1) is 17.5 Å². The van der Waals surface area contributed by atoms with E-state index in [0.717, 1.165) is 36.2 Å². The minimum atomic E-state index is -0.826. The van der Waals surface area contributed by atoms with Gasteiger partial charge in [-0.1, -0.05) is 25.5 Å². The highest BCUT2D eigenvalue weighted by molar-refractivity contribution is 5.89. The molecule has 7 heteroatoms. The molecule has 0 bridgehead atoms. The van der Waals surface area contributed by atoms with Crippen LogP contribution in [0.3, 0.4) is 0 Å². The Hall–Kier alpha value is -3.22. The minimum absolute atomic E-state index is 0.0713. The number of unbranched alkanes of at least 4 members (excludes halogenated alkanes) is 1. The first-order valence-corrected chi connectivity index (χ1v) is 9.85. The summed E-state index contributed by atoms with van der Waals surface area (Å²) in [4.78, 5) is 14.4. The number of hydrogen-bond acceptors (Lipinski definition) is 1. The maximum atomic E-state index is 13.9. The van der Waals surface area contributed by atoms with Crippen LogP contribution in [-0.4, -0.2) is 22.0 Å². The summed E-state index contributed by atoms with van der Waals surface area (Å²) < 4.78 is 42.5. The molecule has 0 fully saturated rings. The number of carbonyl (C=O) groups excluding carboxylic acids is 1. The first-order valence-electron chi connectivity index (χ1n) is 9.85. The summed E-state index contributed by atoms with van der Waals surface area (Å²) in [7, 11) is 0. The van der Waals surface area contributed by atoms with Crippen LogP contribution in [0.2, 0.25) is 0 Å². The molecular weight excluding hydrogens is 391 g/mol. The zero-order valence-electron chi connectivity index (χ0n) is 16.7. The molecule has 0 spiro atoms. The maximum Gasteiger partial charge on any atom is 0.322 e. The molecule has 1 N–H and O–H groups in total. The molecule has 3 rings (SSSR count). The lowest BCUT2D eigenvalue weighted by Crippen LogP contribution is -2.36. The molecule has 0 unspecified atom stereocenters. The van der Waals surface area contributed by atoms with Crippen LogP contribution >= 0.6 is 0 Å². The van der Waals surface area contributed by atoms with Crippen molar-refractivity contribution >= 4 is 11.7 Å². The van der Waals surface area contributed by atoms with Crippen LogP contribution in [0.5, 0.6) is 0 Å². The van der Waals surface area contributed by atoms with E-state index in [2.05, 4.69) is 5.32 Å². The Morgan fingerprint density at radius 2 is 1.83 bits per heavy atom. The smallest absolute Gasteiger partial charge is 0.322 e. The van der Waals surface area contributed by atoms with Crippen molar-refractivity contribution in [3.63, 3.8) is 0 Å². The molecule has 0 aliphatic carbocycles. The van der Waals surface area contributed by atoms with Crippen molar-refractivity contribution < 1.29 is 18.0 Å². The van der Waals surface area contributed by atoms with E-state index in [-0.39, 0.29) is 11.5 Å². The van der Waals surface area contributed by atoms with Crippen molar-refractivity contribution in [2.45, 2.75) is 32.9 Å². The Morgan fingerprint density at radius 3 is 2.57 bits per heavy atom. The lowest BCUT2D eigenvalue weighted by molar-refractivity contribution is 0.206. The molecule has 1 aromatic heterocycles. The van der Waals surface area contributed by atoms with Gasteiger partial charge in [0, 0.05) is 31.0 Å². The molecule has 0 radical (unpaired) electrons. The molecule has 1 heterocycles. The van der Waals surface area contributed by atoms with Gasteiger partial charge in [0.1, 0.15) is 17.5 Å². The van der Waals surface area contributed by atoms with Crippen molar-refractivity contribution in [2.24, 2.45) is 0 Å². The summed E-state index contributed by atoms with van der Waals surface area (Å²) in [6.07, 6.45) is 3.54. The standard InChI is InChI=1S/C23H24F3N3O/c1-2-3-11-29(23(30)27-22-10-9-19(25)14-21(22)26)16-20-8-5-12-28(20)15-17-6-4-7-18(24)13-17/h4-10,12-14H,2-3,11,15-16H2,1H3,(H,27,30). The average molecular weight is 415 g/mol. The summed E-state index contributed by atoms with van der Waals surface area (Å²) in [5.41, 5.74) is 1.61. The quantitative estimate of drug-likeness (QED) is 0.497. The van der Waals surface area contributed by atoms with Crippen LogP contribution in [0.1, 0.15) is 31.0 Å². The second-order valence-corrected chi connectivity index (χ2v) is 7.09. The largest absolute Gasteiger partial charge is 0.345 e. The van der Waals surface area contributed by atoms with Gasteiger partial charge < -0.3 is 14.8 Å². The van der Waals surface area contributed by atoms with Crippen LogP contribution in [0.25, 0.3) is 0 Å². The Kier molecular flexibility index (Phi) is 7.17. The molecule has 158 valence electrons. The summed E-state index contributed by atoms with van der Waals surface area (Å²) in [6.45, 7) is 3.27. The van der Waals surface area contributed by atoms with Crippen LogP contribution in [-0.2, 0) is 13.1 Å². The fourth-order valence-electron chi connectivity index (χ4n) is 3.16. The first-order chi connectivity index (χ1) is 14.5. The van der Waals surface area contributed by atoms with Gasteiger partial charge in [0.05, 0.1) is 12.2 Å². The number of rotatable bonds is 8. The topological polar surface area (TPSA) is 37.3 Å². The number of hydrogen-bond donors (Lipinski definition) is 1. The minimum Gasteiger partial charge on any atom is -0.345 e. The van der Waals surface area contributed by atoms with E-state index in [1.165, 1.54) is 18.2 Å². The predicted octanol–water partition coefficient (Wildman–Crippen LogP) is 5.79. The lowest BCUT2D eigenvalue weighted by Gasteiger charge is -2.24. The number of benzene rings is 2. The van der Waals surface area contributed by atoms with Gasteiger partial charge in [-0.2, -0.15) is 0 Å². The highest BCUT2D eigenvalue weighted by Crippen LogP contribution is 2.17. The van der Waals surface area contributed by atoms with Gasteiger partial charge in [-0.3, -0.25) is 0 Å². The predicted molar refractivity (Wildman–Crippen MR) is 111 cm³/mol. The molecule has 0 saturated carbocycles. The Bertz CT molecular complexity index is 1000. The van der Waals surface area contributed by atoms with Gasteiger partial charge >= 0.3 is 6.03 Å². The Labute approximate surface area is 173 Å². The number of anilines is 1. The van der Waals surface area contributed by atoms with E-state index >= 15 is 0 Å². The molecule has 0 saturated heterocycles. The van der Waals surface area contributed by atoms with Gasteiger partial charge in [-0.05, 0) is 48.4 Å². The number of amides is 2. The monoisotopic (exact) mass is 415 g/mol. The van der Waals surface area contributed by atoms with Crippen LogP contribution in [0.4, 0.5) is 23.7 Å². The van der Waals surface area contributed by atoms with Crippen molar-refractivity contribution in [1.29, 1.82) is 0 Å². The third-order valence-electron chi connectivity index (χ3n) is 4.76. The van der Waals surface area contributed by atoms with E-state index in [9.17, 15) is 18.0 Å². The fraction of sp³-hybridized carbons (Fsp3) is 0.261. The first kappa shape index (κ1) is 21.5. The van der Waals surface area contributed by atoms with E-state index in [1.54, 1.807) is 11.0 Å². The number of urea groups is 1. The molecule has 2 aromatic carbocycles. The molecule has 4 nitrogen and oxygen atoms in total. The number of nitrogens with zero attached hydrogens (tertiary/aromatic N) is 2. The third-order valence-corrected chi connectivity index (χ3v) is 4.76. The zero-order valence-corrected chi connectivity index (χ0v) is 16.7. The van der Waals surface area contributed by atoms with Crippen molar-refractivity contribution in [3.8, 4) is 0 Å². The van der Waals surface area contributed by atoms with Gasteiger partial charge in [0.2, 0.25) is 0 Å². The van der Waals surface area contributed by atoms with E-state index in [0.29, 0.717) is 19.6 Å². The number of carbonyl (C=O) groups is 1. The molecule has 30 heavy (non-hydrogen) atoms. The molecular formula is C23H24F3N3O. The average Bonchev–Trinajstić information content (AvgIpc) is 3.13. The SMILES string of the molecule is CCCCN(Cc1cccn1Cc1cccc(F)c1)C(=O)Nc1ccc(F)cc1F. The van der Waals surface area contributed by atoms with E-state index in [4.69, 9.17) is 0 Å². The number of aromatic nitrogens is 1. The summed E-state index contributed by atoms with van der Waals surface area (Å²) in [6, 6.07) is 12.7. The summed E-state index contributed by atoms with van der Waals surface area (Å²) in [5, 5.41) is 2.52. The molecule has 0 aliphatic heterocycles. The van der Waals surface area contributed by atoms with Gasteiger partial charge in [0.15, 0.2) is 0 Å². The Morgan fingerprint density at radius 1 is 1.03 bits per heavy atom.